The molecule has 1 aromatic carbocycles. The van der Waals surface area contributed by atoms with Crippen LogP contribution in [0.15, 0.2) is 24.3 Å². The second-order valence-corrected chi connectivity index (χ2v) is 4.01. The maximum atomic E-state index is 5.14. The zero-order chi connectivity index (χ0) is 10.7. The highest BCUT2D eigenvalue weighted by Gasteiger charge is 2.17. The van der Waals surface area contributed by atoms with Crippen molar-refractivity contribution in [3.05, 3.63) is 29.8 Å². The summed E-state index contributed by atoms with van der Waals surface area (Å²) in [4.78, 5) is 0. The van der Waals surface area contributed by atoms with E-state index in [9.17, 15) is 0 Å². The minimum atomic E-state index is 0. The van der Waals surface area contributed by atoms with Gasteiger partial charge in [-0.25, -0.2) is 0 Å². The molecule has 1 aliphatic rings. The van der Waals surface area contributed by atoms with Crippen LogP contribution in [0, 0.1) is 0 Å². The van der Waals surface area contributed by atoms with Crippen molar-refractivity contribution in [1.82, 2.24) is 10.6 Å². The Hall–Kier alpha value is -1.10. The van der Waals surface area contributed by atoms with Crippen LogP contribution in [0.1, 0.15) is 18.4 Å². The molecular weight excluding hydrogens is 204 g/mol. The van der Waals surface area contributed by atoms with Crippen molar-refractivity contribution in [2.24, 2.45) is 0 Å². The molecule has 1 radical (unpaired) electrons. The first-order valence-corrected chi connectivity index (χ1v) is 5.40. The van der Waals surface area contributed by atoms with Gasteiger partial charge >= 0.3 is 0 Å². The van der Waals surface area contributed by atoms with Crippen molar-refractivity contribution in [1.29, 1.82) is 0 Å². The standard InChI is InChI=1S/C12H18N2O.HO/c1-9-13-7-11(8-14-9)10-3-5-12(15-2)6-4-10;/h3-6,9,11,13-14H,7-8H2,1-2H3;1H. The third kappa shape index (κ3) is 2.95. The number of hydrogen-bond donors (Lipinski definition) is 3. The largest absolute Gasteiger partial charge is 0.497 e. The van der Waals surface area contributed by atoms with Crippen LogP contribution in [0.3, 0.4) is 0 Å². The number of rotatable bonds is 2. The van der Waals surface area contributed by atoms with Crippen molar-refractivity contribution in [3.63, 3.8) is 0 Å². The summed E-state index contributed by atoms with van der Waals surface area (Å²) in [6.45, 7) is 4.23. The summed E-state index contributed by atoms with van der Waals surface area (Å²) in [6, 6.07) is 8.33. The van der Waals surface area contributed by atoms with Gasteiger partial charge in [-0.3, -0.25) is 5.48 Å². The van der Waals surface area contributed by atoms with E-state index < -0.39 is 0 Å². The van der Waals surface area contributed by atoms with Crippen LogP contribution in [0.25, 0.3) is 0 Å². The molecule has 0 saturated carbocycles. The number of methoxy groups -OCH3 is 1. The maximum absolute atomic E-state index is 5.14. The molecule has 0 unspecified atom stereocenters. The van der Waals surface area contributed by atoms with E-state index in [1.54, 1.807) is 7.11 Å². The van der Waals surface area contributed by atoms with Crippen LogP contribution < -0.4 is 15.4 Å². The first-order valence-electron chi connectivity index (χ1n) is 5.40. The van der Waals surface area contributed by atoms with Gasteiger partial charge in [0, 0.05) is 19.0 Å². The van der Waals surface area contributed by atoms with E-state index in [1.807, 2.05) is 12.1 Å². The predicted octanol–water partition coefficient (Wildman–Crippen LogP) is 1.14. The number of hydrogen-bond acceptors (Lipinski definition) is 3. The lowest BCUT2D eigenvalue weighted by Crippen LogP contribution is -2.49. The molecule has 1 aromatic rings. The summed E-state index contributed by atoms with van der Waals surface area (Å²) in [5.74, 6) is 1.48. The lowest BCUT2D eigenvalue weighted by molar-refractivity contribution is 0.360. The van der Waals surface area contributed by atoms with Gasteiger partial charge in [-0.2, -0.15) is 0 Å². The third-order valence-corrected chi connectivity index (χ3v) is 2.93. The summed E-state index contributed by atoms with van der Waals surface area (Å²) in [7, 11) is 1.69. The van der Waals surface area contributed by atoms with Crippen LogP contribution in [-0.4, -0.2) is 31.8 Å². The molecule has 1 aliphatic heterocycles. The first-order chi connectivity index (χ1) is 7.29. The predicted molar refractivity (Wildman–Crippen MR) is 63.1 cm³/mol. The summed E-state index contributed by atoms with van der Waals surface area (Å²) in [5.41, 5.74) is 1.36. The fourth-order valence-corrected chi connectivity index (χ4v) is 1.89. The molecule has 0 aliphatic carbocycles. The normalized spacial score (nSPS) is 24.6. The lowest BCUT2D eigenvalue weighted by Gasteiger charge is -2.29. The number of ether oxygens (including phenoxy) is 1. The molecule has 3 N–H and O–H groups in total. The Bertz CT molecular complexity index is 305. The summed E-state index contributed by atoms with van der Waals surface area (Å²) < 4.78 is 5.14. The fourth-order valence-electron chi connectivity index (χ4n) is 1.89. The van der Waals surface area contributed by atoms with Crippen LogP contribution in [0.4, 0.5) is 0 Å². The van der Waals surface area contributed by atoms with Gasteiger partial charge in [0.1, 0.15) is 5.75 Å². The molecule has 1 heterocycles. The van der Waals surface area contributed by atoms with E-state index in [-0.39, 0.29) is 5.48 Å². The molecule has 0 spiro atoms. The van der Waals surface area contributed by atoms with Crippen LogP contribution in [0.2, 0.25) is 0 Å². The van der Waals surface area contributed by atoms with Gasteiger partial charge < -0.3 is 15.4 Å². The highest BCUT2D eigenvalue weighted by atomic mass is 16.5. The molecule has 89 valence electrons. The van der Waals surface area contributed by atoms with E-state index in [1.165, 1.54) is 5.56 Å². The van der Waals surface area contributed by atoms with Gasteiger partial charge in [-0.1, -0.05) is 12.1 Å². The van der Waals surface area contributed by atoms with Crippen LogP contribution >= 0.6 is 0 Å². The first kappa shape index (κ1) is 13.0. The Morgan fingerprint density at radius 3 is 2.19 bits per heavy atom. The van der Waals surface area contributed by atoms with E-state index in [4.69, 9.17) is 4.74 Å². The van der Waals surface area contributed by atoms with Crippen molar-refractivity contribution in [3.8, 4) is 5.75 Å². The van der Waals surface area contributed by atoms with Gasteiger partial charge in [0.2, 0.25) is 0 Å². The van der Waals surface area contributed by atoms with Gasteiger partial charge in [0.25, 0.3) is 0 Å². The van der Waals surface area contributed by atoms with Crippen molar-refractivity contribution in [2.45, 2.75) is 19.0 Å². The Kier molecular flexibility index (Phi) is 4.73. The average Bonchev–Trinajstić information content (AvgIpc) is 2.30. The van der Waals surface area contributed by atoms with Crippen molar-refractivity contribution >= 4 is 0 Å². The quantitative estimate of drug-likeness (QED) is 0.704. The molecular formula is C12H19N2O2. The van der Waals surface area contributed by atoms with Gasteiger partial charge in [-0.15, -0.1) is 0 Å². The molecule has 4 heteroatoms. The van der Waals surface area contributed by atoms with E-state index in [2.05, 4.69) is 29.7 Å². The van der Waals surface area contributed by atoms with E-state index in [0.29, 0.717) is 12.1 Å². The monoisotopic (exact) mass is 223 g/mol. The molecule has 0 bridgehead atoms. The highest BCUT2D eigenvalue weighted by molar-refractivity contribution is 5.30. The van der Waals surface area contributed by atoms with Crippen molar-refractivity contribution < 1.29 is 10.2 Å². The van der Waals surface area contributed by atoms with E-state index >= 15 is 0 Å². The van der Waals surface area contributed by atoms with E-state index in [0.717, 1.165) is 18.8 Å². The molecule has 4 nitrogen and oxygen atoms in total. The van der Waals surface area contributed by atoms with Crippen LogP contribution in [-0.2, 0) is 0 Å². The fraction of sp³-hybridized carbons (Fsp3) is 0.500. The summed E-state index contributed by atoms with van der Waals surface area (Å²) in [6.07, 6.45) is 0.430. The minimum Gasteiger partial charge on any atom is -0.497 e. The summed E-state index contributed by atoms with van der Waals surface area (Å²) >= 11 is 0. The number of nitrogens with one attached hydrogen (secondary N) is 2. The zero-order valence-corrected chi connectivity index (χ0v) is 9.73. The highest BCUT2D eigenvalue weighted by Crippen LogP contribution is 2.19. The smallest absolute Gasteiger partial charge is 0.118 e. The maximum Gasteiger partial charge on any atom is 0.118 e. The van der Waals surface area contributed by atoms with Crippen LogP contribution in [0.5, 0.6) is 5.75 Å². The third-order valence-electron chi connectivity index (χ3n) is 2.93. The Balaban J connectivity index is 0.00000128. The molecule has 16 heavy (non-hydrogen) atoms. The molecule has 0 amide bonds. The SMILES string of the molecule is COc1ccc(C2CNC(C)NC2)cc1.[OH]. The second-order valence-electron chi connectivity index (χ2n) is 4.01. The van der Waals surface area contributed by atoms with Crippen molar-refractivity contribution in [2.75, 3.05) is 20.2 Å². The van der Waals surface area contributed by atoms with Gasteiger partial charge in [-0.05, 0) is 24.6 Å². The summed E-state index contributed by atoms with van der Waals surface area (Å²) in [5, 5.41) is 6.83. The Morgan fingerprint density at radius 2 is 1.69 bits per heavy atom. The molecule has 2 rings (SSSR count). The molecule has 0 aromatic heterocycles. The Morgan fingerprint density at radius 1 is 1.12 bits per heavy atom. The molecule has 1 saturated heterocycles. The minimum absolute atomic E-state index is 0. The Labute approximate surface area is 96.3 Å². The second kappa shape index (κ2) is 5.84. The lowest BCUT2D eigenvalue weighted by atomic mass is 9.97. The van der Waals surface area contributed by atoms with Gasteiger partial charge in [0.15, 0.2) is 0 Å². The van der Waals surface area contributed by atoms with Gasteiger partial charge in [0.05, 0.1) is 13.3 Å². The zero-order valence-electron chi connectivity index (χ0n) is 9.73. The molecule has 0 atom stereocenters. The topological polar surface area (TPSA) is 63.3 Å². The molecule has 1 fully saturated rings. The average molecular weight is 223 g/mol. The number of benzene rings is 1.